The van der Waals surface area contributed by atoms with Crippen molar-refractivity contribution in [1.82, 2.24) is 9.97 Å². The highest BCUT2D eigenvalue weighted by Crippen LogP contribution is 1.73. The van der Waals surface area contributed by atoms with Crippen LogP contribution in [0, 0.1) is 6.92 Å². The molecule has 1 aromatic rings. The SMILES string of the molecule is [CH2]c1c[nH]c(=O)[nH]c1=O. The number of hydrogen-bond donors (Lipinski definition) is 2. The molecule has 1 rings (SSSR count). The van der Waals surface area contributed by atoms with E-state index in [0.29, 0.717) is 0 Å². The summed E-state index contributed by atoms with van der Waals surface area (Å²) in [5, 5.41) is 0. The molecule has 47 valence electrons. The van der Waals surface area contributed by atoms with Gasteiger partial charge in [-0.3, -0.25) is 9.78 Å². The van der Waals surface area contributed by atoms with E-state index in [-0.39, 0.29) is 5.56 Å². The second-order valence-electron chi connectivity index (χ2n) is 1.60. The van der Waals surface area contributed by atoms with Gasteiger partial charge in [0.2, 0.25) is 0 Å². The van der Waals surface area contributed by atoms with E-state index < -0.39 is 11.2 Å². The molecular weight excluding hydrogens is 120 g/mol. The van der Waals surface area contributed by atoms with E-state index in [1.54, 1.807) is 0 Å². The van der Waals surface area contributed by atoms with Gasteiger partial charge in [-0.1, -0.05) is 0 Å². The molecule has 0 aromatic carbocycles. The van der Waals surface area contributed by atoms with Gasteiger partial charge in [0.1, 0.15) is 0 Å². The first-order valence-electron chi connectivity index (χ1n) is 2.34. The van der Waals surface area contributed by atoms with Gasteiger partial charge >= 0.3 is 5.69 Å². The third-order valence-corrected chi connectivity index (χ3v) is 0.896. The second-order valence-corrected chi connectivity index (χ2v) is 1.60. The standard InChI is InChI=1S/C5H5N2O2/c1-3-2-6-5(9)7-4(3)8/h2H,1H2,(H2,6,7,8,9). The Bertz CT molecular complexity index is 309. The van der Waals surface area contributed by atoms with Crippen LogP contribution in [-0.4, -0.2) is 9.97 Å². The van der Waals surface area contributed by atoms with Gasteiger partial charge in [0.05, 0.1) is 0 Å². The first kappa shape index (κ1) is 5.81. The maximum Gasteiger partial charge on any atom is 0.325 e. The number of aromatic nitrogens is 2. The molecule has 0 aliphatic rings. The lowest BCUT2D eigenvalue weighted by Crippen LogP contribution is -2.22. The third-order valence-electron chi connectivity index (χ3n) is 0.896. The first-order valence-corrected chi connectivity index (χ1v) is 2.34. The van der Waals surface area contributed by atoms with Gasteiger partial charge in [0.15, 0.2) is 0 Å². The van der Waals surface area contributed by atoms with E-state index in [4.69, 9.17) is 0 Å². The molecule has 9 heavy (non-hydrogen) atoms. The van der Waals surface area contributed by atoms with E-state index in [1.165, 1.54) is 6.20 Å². The van der Waals surface area contributed by atoms with Gasteiger partial charge in [0, 0.05) is 11.8 Å². The highest BCUT2D eigenvalue weighted by molar-refractivity contribution is 5.05. The van der Waals surface area contributed by atoms with E-state index in [1.807, 2.05) is 4.98 Å². The van der Waals surface area contributed by atoms with Crippen LogP contribution in [0.3, 0.4) is 0 Å². The Morgan fingerprint density at radius 1 is 1.44 bits per heavy atom. The maximum absolute atomic E-state index is 10.5. The fourth-order valence-electron chi connectivity index (χ4n) is 0.438. The second kappa shape index (κ2) is 1.89. The molecule has 4 heteroatoms. The zero-order chi connectivity index (χ0) is 6.85. The van der Waals surface area contributed by atoms with Crippen molar-refractivity contribution in [3.8, 4) is 0 Å². The van der Waals surface area contributed by atoms with E-state index >= 15 is 0 Å². The summed E-state index contributed by atoms with van der Waals surface area (Å²) in [5.41, 5.74) is -0.694. The predicted molar refractivity (Wildman–Crippen MR) is 32.1 cm³/mol. The van der Waals surface area contributed by atoms with Crippen molar-refractivity contribution < 1.29 is 0 Å². The van der Waals surface area contributed by atoms with Crippen LogP contribution < -0.4 is 11.2 Å². The van der Waals surface area contributed by atoms with Gasteiger partial charge in [-0.2, -0.15) is 0 Å². The lowest BCUT2D eigenvalue weighted by Gasteiger charge is -1.84. The summed E-state index contributed by atoms with van der Waals surface area (Å²) in [7, 11) is 0. The monoisotopic (exact) mass is 125 g/mol. The Labute approximate surface area is 50.6 Å². The molecule has 0 bridgehead atoms. The highest BCUT2D eigenvalue weighted by Gasteiger charge is 1.88. The van der Waals surface area contributed by atoms with Gasteiger partial charge in [0.25, 0.3) is 5.56 Å². The number of aromatic amines is 2. The average Bonchev–Trinajstić information content (AvgIpc) is 1.80. The zero-order valence-corrected chi connectivity index (χ0v) is 4.60. The van der Waals surface area contributed by atoms with Crippen LogP contribution in [0.2, 0.25) is 0 Å². The molecule has 1 aromatic heterocycles. The summed E-state index contributed by atoms with van der Waals surface area (Å²) >= 11 is 0. The minimum Gasteiger partial charge on any atom is -0.314 e. The normalized spacial score (nSPS) is 9.44. The molecule has 0 spiro atoms. The van der Waals surface area contributed by atoms with Crippen molar-refractivity contribution in [1.29, 1.82) is 0 Å². The van der Waals surface area contributed by atoms with Crippen LogP contribution in [0.15, 0.2) is 15.8 Å². The van der Waals surface area contributed by atoms with Gasteiger partial charge in [-0.25, -0.2) is 4.79 Å². The van der Waals surface area contributed by atoms with Crippen LogP contribution in [0.4, 0.5) is 0 Å². The molecule has 0 fully saturated rings. The van der Waals surface area contributed by atoms with Gasteiger partial charge in [-0.15, -0.1) is 0 Å². The number of hydrogen-bond acceptors (Lipinski definition) is 2. The molecule has 0 unspecified atom stereocenters. The van der Waals surface area contributed by atoms with Crippen molar-refractivity contribution in [3.63, 3.8) is 0 Å². The van der Waals surface area contributed by atoms with Crippen molar-refractivity contribution in [2.24, 2.45) is 0 Å². The number of H-pyrrole nitrogens is 2. The van der Waals surface area contributed by atoms with Crippen LogP contribution in [0.5, 0.6) is 0 Å². The molecule has 1 radical (unpaired) electrons. The smallest absolute Gasteiger partial charge is 0.314 e. The van der Waals surface area contributed by atoms with Crippen LogP contribution in [-0.2, 0) is 0 Å². The molecule has 0 saturated carbocycles. The fourth-order valence-corrected chi connectivity index (χ4v) is 0.438. The average molecular weight is 125 g/mol. The Kier molecular flexibility index (Phi) is 1.22. The molecule has 0 atom stereocenters. The minimum absolute atomic E-state index is 0.259. The molecule has 1 heterocycles. The van der Waals surface area contributed by atoms with Crippen LogP contribution >= 0.6 is 0 Å². The van der Waals surface area contributed by atoms with Crippen LogP contribution in [0.25, 0.3) is 0 Å². The largest absolute Gasteiger partial charge is 0.325 e. The third kappa shape index (κ3) is 1.07. The molecule has 0 aliphatic heterocycles. The highest BCUT2D eigenvalue weighted by atomic mass is 16.2. The summed E-state index contributed by atoms with van der Waals surface area (Å²) in [6, 6.07) is 0. The first-order chi connectivity index (χ1) is 4.20. The maximum atomic E-state index is 10.5. The van der Waals surface area contributed by atoms with Gasteiger partial charge < -0.3 is 4.98 Å². The number of nitrogens with one attached hydrogen (secondary N) is 2. The van der Waals surface area contributed by atoms with Crippen molar-refractivity contribution in [2.75, 3.05) is 0 Å². The Morgan fingerprint density at radius 3 is 2.56 bits per heavy atom. The van der Waals surface area contributed by atoms with Crippen molar-refractivity contribution in [2.45, 2.75) is 0 Å². The number of rotatable bonds is 0. The summed E-state index contributed by atoms with van der Waals surface area (Å²) in [6.07, 6.45) is 1.27. The molecule has 0 amide bonds. The topological polar surface area (TPSA) is 65.7 Å². The van der Waals surface area contributed by atoms with Crippen molar-refractivity contribution in [3.05, 3.63) is 39.5 Å². The molecular formula is C5H5N2O2. The van der Waals surface area contributed by atoms with E-state index in [0.717, 1.165) is 0 Å². The lowest BCUT2D eigenvalue weighted by atomic mass is 10.4. The predicted octanol–water partition coefficient (Wildman–Crippen LogP) is -0.755. The molecule has 4 nitrogen and oxygen atoms in total. The van der Waals surface area contributed by atoms with Crippen LogP contribution in [0.1, 0.15) is 5.56 Å². The Balaban J connectivity index is 3.52. The minimum atomic E-state index is -0.507. The summed E-state index contributed by atoms with van der Waals surface area (Å²) in [6.45, 7) is 3.35. The summed E-state index contributed by atoms with van der Waals surface area (Å²) in [4.78, 5) is 25.1. The summed E-state index contributed by atoms with van der Waals surface area (Å²) < 4.78 is 0. The quantitative estimate of drug-likeness (QED) is 0.479. The van der Waals surface area contributed by atoms with E-state index in [9.17, 15) is 9.59 Å². The van der Waals surface area contributed by atoms with Gasteiger partial charge in [-0.05, 0) is 6.92 Å². The lowest BCUT2D eigenvalue weighted by molar-refractivity contribution is 1.02. The Hall–Kier alpha value is -1.32. The van der Waals surface area contributed by atoms with E-state index in [2.05, 4.69) is 11.9 Å². The summed E-state index contributed by atoms with van der Waals surface area (Å²) in [5.74, 6) is 0. The molecule has 0 saturated heterocycles. The zero-order valence-electron chi connectivity index (χ0n) is 4.60. The van der Waals surface area contributed by atoms with Crippen molar-refractivity contribution >= 4 is 0 Å². The Morgan fingerprint density at radius 2 is 2.11 bits per heavy atom. The molecule has 2 N–H and O–H groups in total. The fraction of sp³-hybridized carbons (Fsp3) is 0. The molecule has 0 aliphatic carbocycles.